The fourth-order valence-corrected chi connectivity index (χ4v) is 2.08. The Labute approximate surface area is 84.3 Å². The Hall–Kier alpha value is -0.810. The second-order valence-corrected chi connectivity index (χ2v) is 3.91. The van der Waals surface area contributed by atoms with Crippen LogP contribution in [-0.2, 0) is 4.79 Å². The Kier molecular flexibility index (Phi) is 3.25. The Morgan fingerprint density at radius 2 is 1.67 bits per heavy atom. The quantitative estimate of drug-likeness (QED) is 0.754. The minimum Gasteiger partial charge on any atom is -0.481 e. The third-order valence-electron chi connectivity index (χ3n) is 2.88. The van der Waals surface area contributed by atoms with Gasteiger partial charge in [0.1, 0.15) is 0 Å². The van der Waals surface area contributed by atoms with Crippen LogP contribution in [-0.4, -0.2) is 22.9 Å². The van der Waals surface area contributed by atoms with Crippen molar-refractivity contribution in [3.63, 3.8) is 0 Å². The maximum absolute atomic E-state index is 13.7. The highest BCUT2D eigenvalue weighted by atomic mass is 19.4. The molecule has 1 rings (SSSR count). The predicted octanol–water partition coefficient (Wildman–Crippen LogP) is 2.92. The molecule has 0 bridgehead atoms. The third kappa shape index (κ3) is 2.41. The lowest BCUT2D eigenvalue weighted by molar-refractivity contribution is -0.251. The maximum atomic E-state index is 13.7. The summed E-state index contributed by atoms with van der Waals surface area (Å²) in [6.07, 6.45) is -5.29. The summed E-state index contributed by atoms with van der Waals surface area (Å²) in [7, 11) is 0. The van der Waals surface area contributed by atoms with E-state index in [1.54, 1.807) is 0 Å². The number of hydrogen-bond donors (Lipinski definition) is 1. The normalized spacial score (nSPS) is 22.7. The van der Waals surface area contributed by atoms with Gasteiger partial charge in [0, 0.05) is 5.92 Å². The molecule has 0 amide bonds. The van der Waals surface area contributed by atoms with Crippen molar-refractivity contribution in [2.45, 2.75) is 43.9 Å². The van der Waals surface area contributed by atoms with E-state index in [1.165, 1.54) is 0 Å². The highest BCUT2D eigenvalue weighted by Crippen LogP contribution is 2.48. The van der Waals surface area contributed by atoms with Crippen LogP contribution >= 0.6 is 0 Å². The van der Waals surface area contributed by atoms with Gasteiger partial charge in [-0.1, -0.05) is 12.8 Å². The van der Waals surface area contributed by atoms with Gasteiger partial charge in [0.25, 0.3) is 0 Å². The predicted molar refractivity (Wildman–Crippen MR) is 44.1 cm³/mol. The smallest absolute Gasteiger partial charge is 0.423 e. The van der Waals surface area contributed by atoms with E-state index in [-0.39, 0.29) is 12.8 Å². The fraction of sp³-hybridized carbons (Fsp3) is 0.889. The first-order valence-corrected chi connectivity index (χ1v) is 4.75. The molecule has 1 unspecified atom stereocenters. The molecule has 0 spiro atoms. The molecule has 0 aromatic heterocycles. The summed E-state index contributed by atoms with van der Waals surface area (Å²) < 4.78 is 51.2. The van der Waals surface area contributed by atoms with Crippen LogP contribution in [0, 0.1) is 5.92 Å². The number of alkyl halides is 4. The lowest BCUT2D eigenvalue weighted by Gasteiger charge is -2.31. The fourth-order valence-electron chi connectivity index (χ4n) is 2.08. The van der Waals surface area contributed by atoms with E-state index in [9.17, 15) is 22.4 Å². The number of rotatable bonds is 3. The summed E-state index contributed by atoms with van der Waals surface area (Å²) >= 11 is 0. The Balaban J connectivity index is 2.89. The van der Waals surface area contributed by atoms with Gasteiger partial charge in [-0.2, -0.15) is 13.2 Å². The number of carbonyl (C=O) groups is 1. The van der Waals surface area contributed by atoms with Crippen LogP contribution in [0.25, 0.3) is 0 Å². The second-order valence-electron chi connectivity index (χ2n) is 3.91. The van der Waals surface area contributed by atoms with Crippen molar-refractivity contribution < 1.29 is 27.5 Å². The average Bonchev–Trinajstić information content (AvgIpc) is 2.51. The minimum atomic E-state index is -5.10. The highest BCUT2D eigenvalue weighted by molar-refractivity contribution is 5.68. The summed E-state index contributed by atoms with van der Waals surface area (Å²) in [6, 6.07) is 0. The summed E-state index contributed by atoms with van der Waals surface area (Å²) in [6.45, 7) is 0. The van der Waals surface area contributed by atoms with Crippen LogP contribution in [0.2, 0.25) is 0 Å². The number of halogens is 4. The zero-order chi connectivity index (χ0) is 11.7. The van der Waals surface area contributed by atoms with Crippen molar-refractivity contribution in [3.8, 4) is 0 Å². The Morgan fingerprint density at radius 3 is 2.00 bits per heavy atom. The van der Waals surface area contributed by atoms with Crippen LogP contribution in [0.1, 0.15) is 32.1 Å². The maximum Gasteiger partial charge on any atom is 0.423 e. The third-order valence-corrected chi connectivity index (χ3v) is 2.88. The van der Waals surface area contributed by atoms with Crippen molar-refractivity contribution in [1.82, 2.24) is 0 Å². The monoisotopic (exact) mass is 228 g/mol. The van der Waals surface area contributed by atoms with Crippen LogP contribution in [0.4, 0.5) is 17.6 Å². The van der Waals surface area contributed by atoms with E-state index in [1.807, 2.05) is 0 Å². The standard InChI is InChI=1S/C9H12F4O2/c10-8(5-7(14)15,9(11,12)13)6-3-1-2-4-6/h6H,1-5H2,(H,14,15). The first kappa shape index (κ1) is 12.3. The van der Waals surface area contributed by atoms with Gasteiger partial charge in [-0.05, 0) is 12.8 Å². The van der Waals surface area contributed by atoms with Gasteiger partial charge < -0.3 is 5.11 Å². The van der Waals surface area contributed by atoms with Gasteiger partial charge in [-0.25, -0.2) is 4.39 Å². The molecule has 0 aromatic carbocycles. The zero-order valence-corrected chi connectivity index (χ0v) is 7.98. The van der Waals surface area contributed by atoms with Crippen molar-refractivity contribution in [1.29, 1.82) is 0 Å². The van der Waals surface area contributed by atoms with Crippen LogP contribution in [0.5, 0.6) is 0 Å². The molecular formula is C9H12F4O2. The van der Waals surface area contributed by atoms with Crippen LogP contribution in [0.3, 0.4) is 0 Å². The molecule has 0 heterocycles. The molecule has 1 aliphatic carbocycles. The summed E-state index contributed by atoms with van der Waals surface area (Å²) in [5.74, 6) is -2.95. The molecule has 0 radical (unpaired) electrons. The van der Waals surface area contributed by atoms with Gasteiger partial charge >= 0.3 is 12.1 Å². The second kappa shape index (κ2) is 3.98. The van der Waals surface area contributed by atoms with E-state index >= 15 is 0 Å². The van der Waals surface area contributed by atoms with Gasteiger partial charge in [0.15, 0.2) is 0 Å². The van der Waals surface area contributed by atoms with Crippen LogP contribution in [0.15, 0.2) is 0 Å². The molecule has 88 valence electrons. The van der Waals surface area contributed by atoms with Gasteiger partial charge in [-0.15, -0.1) is 0 Å². The molecule has 15 heavy (non-hydrogen) atoms. The van der Waals surface area contributed by atoms with Crippen LogP contribution < -0.4 is 0 Å². The summed E-state index contributed by atoms with van der Waals surface area (Å²) in [4.78, 5) is 10.3. The lowest BCUT2D eigenvalue weighted by Crippen LogP contribution is -2.48. The van der Waals surface area contributed by atoms with E-state index in [4.69, 9.17) is 5.11 Å². The van der Waals surface area contributed by atoms with Gasteiger partial charge in [0.05, 0.1) is 6.42 Å². The van der Waals surface area contributed by atoms with E-state index in [0.717, 1.165) is 0 Å². The van der Waals surface area contributed by atoms with Gasteiger partial charge in [0.2, 0.25) is 5.67 Å². The van der Waals surface area contributed by atoms with E-state index < -0.39 is 30.2 Å². The molecule has 1 atom stereocenters. The first-order chi connectivity index (χ1) is 6.77. The lowest BCUT2D eigenvalue weighted by atomic mass is 9.84. The molecular weight excluding hydrogens is 216 g/mol. The molecule has 1 fully saturated rings. The van der Waals surface area contributed by atoms with Crippen molar-refractivity contribution in [2.75, 3.05) is 0 Å². The number of carboxylic acids is 1. The molecule has 6 heteroatoms. The van der Waals surface area contributed by atoms with E-state index in [2.05, 4.69) is 0 Å². The largest absolute Gasteiger partial charge is 0.481 e. The SMILES string of the molecule is O=C(O)CC(F)(C1CCCC1)C(F)(F)F. The molecule has 0 saturated heterocycles. The zero-order valence-electron chi connectivity index (χ0n) is 7.98. The van der Waals surface area contributed by atoms with Crippen molar-refractivity contribution in [3.05, 3.63) is 0 Å². The van der Waals surface area contributed by atoms with Crippen molar-refractivity contribution in [2.24, 2.45) is 5.92 Å². The first-order valence-electron chi connectivity index (χ1n) is 4.75. The topological polar surface area (TPSA) is 37.3 Å². The minimum absolute atomic E-state index is 0.114. The Morgan fingerprint density at radius 1 is 1.20 bits per heavy atom. The number of aliphatic carboxylic acids is 1. The number of carboxylic acid groups (broad SMARTS) is 1. The molecule has 1 N–H and O–H groups in total. The molecule has 0 aromatic rings. The summed E-state index contributed by atoms with van der Waals surface area (Å²) in [5.41, 5.74) is -3.56. The molecule has 0 aliphatic heterocycles. The number of hydrogen-bond acceptors (Lipinski definition) is 1. The highest BCUT2D eigenvalue weighted by Gasteiger charge is 2.61. The molecule has 2 nitrogen and oxygen atoms in total. The van der Waals surface area contributed by atoms with Crippen molar-refractivity contribution >= 4 is 5.97 Å². The van der Waals surface area contributed by atoms with E-state index in [0.29, 0.717) is 12.8 Å². The average molecular weight is 228 g/mol. The summed E-state index contributed by atoms with van der Waals surface area (Å²) in [5, 5.41) is 8.33. The molecule has 1 aliphatic rings. The Bertz CT molecular complexity index is 245. The molecule has 1 saturated carbocycles. The van der Waals surface area contributed by atoms with Gasteiger partial charge in [-0.3, -0.25) is 4.79 Å².